The summed E-state index contributed by atoms with van der Waals surface area (Å²) in [5.74, 6) is 1.12. The number of benzene rings is 1. The zero-order valence-electron chi connectivity index (χ0n) is 16.6. The number of amides is 1. The Morgan fingerprint density at radius 1 is 1.28 bits per heavy atom. The number of rotatable bonds is 7. The molecule has 148 valence electrons. The molecule has 0 aliphatic carbocycles. The first kappa shape index (κ1) is 20.0. The van der Waals surface area contributed by atoms with Crippen LogP contribution in [0.2, 0.25) is 0 Å². The normalized spacial score (nSPS) is 11.2. The second-order valence-electron chi connectivity index (χ2n) is 6.75. The van der Waals surface area contributed by atoms with Crippen LogP contribution in [0.4, 0.5) is 5.82 Å². The molecule has 1 aromatic carbocycles. The van der Waals surface area contributed by atoms with E-state index in [0.29, 0.717) is 18.9 Å². The highest BCUT2D eigenvalue weighted by molar-refractivity contribution is 6.09. The van der Waals surface area contributed by atoms with Crippen LogP contribution in [-0.4, -0.2) is 22.2 Å². The van der Waals surface area contributed by atoms with Gasteiger partial charge >= 0.3 is 0 Å². The fraction of sp³-hybridized carbons (Fsp3) is 0.227. The van der Waals surface area contributed by atoms with Crippen LogP contribution in [0.25, 0.3) is 6.08 Å². The average molecular weight is 390 g/mol. The summed E-state index contributed by atoms with van der Waals surface area (Å²) in [5.41, 5.74) is 3.01. The van der Waals surface area contributed by atoms with Crippen molar-refractivity contribution >= 4 is 17.8 Å². The molecule has 0 radical (unpaired) electrons. The van der Waals surface area contributed by atoms with E-state index in [0.717, 1.165) is 22.6 Å². The Labute approximate surface area is 169 Å². The first-order valence-corrected chi connectivity index (χ1v) is 9.17. The highest BCUT2D eigenvalue weighted by atomic mass is 16.5. The van der Waals surface area contributed by atoms with Gasteiger partial charge in [0.15, 0.2) is 5.82 Å². The highest BCUT2D eigenvalue weighted by Crippen LogP contribution is 2.17. The molecule has 0 aliphatic rings. The molecule has 0 fully saturated rings. The number of carbonyl (C=O) groups is 1. The number of hydrogen-bond acceptors (Lipinski definition) is 5. The van der Waals surface area contributed by atoms with Gasteiger partial charge in [-0.2, -0.15) is 5.26 Å². The Balaban J connectivity index is 1.66. The van der Waals surface area contributed by atoms with Crippen molar-refractivity contribution in [3.8, 4) is 11.8 Å². The monoisotopic (exact) mass is 390 g/mol. The van der Waals surface area contributed by atoms with Gasteiger partial charge in [-0.05, 0) is 62.2 Å². The lowest BCUT2D eigenvalue weighted by Crippen LogP contribution is -2.14. The second-order valence-corrected chi connectivity index (χ2v) is 6.75. The number of aromatic nitrogens is 2. The second kappa shape index (κ2) is 8.93. The largest absolute Gasteiger partial charge is 0.492 e. The molecule has 0 saturated carbocycles. The lowest BCUT2D eigenvalue weighted by molar-refractivity contribution is -0.112. The third kappa shape index (κ3) is 5.36. The number of ether oxygens (including phenoxy) is 1. The number of nitrogens with zero attached hydrogens (tertiary/aromatic N) is 3. The van der Waals surface area contributed by atoms with Gasteiger partial charge in [0.1, 0.15) is 29.8 Å². The molecule has 29 heavy (non-hydrogen) atoms. The summed E-state index contributed by atoms with van der Waals surface area (Å²) in [6.07, 6.45) is 3.42. The first-order chi connectivity index (χ1) is 13.9. The van der Waals surface area contributed by atoms with Crippen molar-refractivity contribution in [2.45, 2.75) is 27.3 Å². The number of aryl methyl sites for hydroxylation is 3. The Hall–Kier alpha value is -3.79. The van der Waals surface area contributed by atoms with Crippen LogP contribution >= 0.6 is 0 Å². The fourth-order valence-corrected chi connectivity index (χ4v) is 2.95. The van der Waals surface area contributed by atoms with Crippen LogP contribution in [0, 0.1) is 32.1 Å². The topological polar surface area (TPSA) is 93.1 Å². The van der Waals surface area contributed by atoms with Crippen molar-refractivity contribution in [2.24, 2.45) is 0 Å². The molecule has 3 aromatic rings. The lowest BCUT2D eigenvalue weighted by atomic mass is 10.1. The summed E-state index contributed by atoms with van der Waals surface area (Å²) in [7, 11) is 0. The smallest absolute Gasteiger partial charge is 0.267 e. The molecule has 2 heterocycles. The average Bonchev–Trinajstić information content (AvgIpc) is 3.27. The summed E-state index contributed by atoms with van der Waals surface area (Å²) < 4.78 is 12.7. The molecule has 0 aliphatic heterocycles. The Morgan fingerprint density at radius 3 is 2.69 bits per heavy atom. The zero-order valence-corrected chi connectivity index (χ0v) is 16.6. The van der Waals surface area contributed by atoms with E-state index in [9.17, 15) is 10.1 Å². The van der Waals surface area contributed by atoms with Gasteiger partial charge < -0.3 is 19.1 Å². The fourth-order valence-electron chi connectivity index (χ4n) is 2.95. The number of nitriles is 1. The molecule has 0 spiro atoms. The third-order valence-electron chi connectivity index (χ3n) is 4.19. The van der Waals surface area contributed by atoms with Crippen LogP contribution in [0.15, 0.2) is 52.7 Å². The zero-order chi connectivity index (χ0) is 20.8. The highest BCUT2D eigenvalue weighted by Gasteiger charge is 2.13. The standard InChI is InChI=1S/C22H22N4O3/c1-15-9-16(2)11-20(10-15)28-8-7-26-6-4-5-19(26)13-18(14-23)22(27)24-21-12-17(3)29-25-21/h4-6,9-13H,7-8H2,1-3H3,(H,24,25,27)/b18-13-. The van der Waals surface area contributed by atoms with Gasteiger partial charge in [-0.3, -0.25) is 4.79 Å². The van der Waals surface area contributed by atoms with E-state index in [1.165, 1.54) is 0 Å². The van der Waals surface area contributed by atoms with Crippen LogP contribution in [0.1, 0.15) is 22.6 Å². The van der Waals surface area contributed by atoms with Crippen LogP contribution in [0.5, 0.6) is 5.75 Å². The van der Waals surface area contributed by atoms with Crippen molar-refractivity contribution in [1.29, 1.82) is 5.26 Å². The van der Waals surface area contributed by atoms with Crippen molar-refractivity contribution in [3.63, 3.8) is 0 Å². The van der Waals surface area contributed by atoms with E-state index < -0.39 is 5.91 Å². The van der Waals surface area contributed by atoms with Gasteiger partial charge in [0.25, 0.3) is 5.91 Å². The van der Waals surface area contributed by atoms with Gasteiger partial charge in [-0.15, -0.1) is 0 Å². The third-order valence-corrected chi connectivity index (χ3v) is 4.19. The molecule has 0 bridgehead atoms. The molecule has 3 rings (SSSR count). The molecule has 2 aromatic heterocycles. The van der Waals surface area contributed by atoms with Gasteiger partial charge in [-0.25, -0.2) is 0 Å². The summed E-state index contributed by atoms with van der Waals surface area (Å²) in [5, 5.41) is 15.6. The Morgan fingerprint density at radius 2 is 2.03 bits per heavy atom. The molecule has 7 heteroatoms. The van der Waals surface area contributed by atoms with E-state index in [2.05, 4.69) is 16.5 Å². The summed E-state index contributed by atoms with van der Waals surface area (Å²) in [4.78, 5) is 12.3. The maximum atomic E-state index is 12.3. The predicted octanol–water partition coefficient (Wildman–Crippen LogP) is 4.03. The van der Waals surface area contributed by atoms with E-state index in [4.69, 9.17) is 9.26 Å². The van der Waals surface area contributed by atoms with E-state index >= 15 is 0 Å². The van der Waals surface area contributed by atoms with Crippen molar-refractivity contribution in [2.75, 3.05) is 11.9 Å². The SMILES string of the molecule is Cc1cc(C)cc(OCCn2cccc2/C=C(/C#N)C(=O)Nc2cc(C)on2)c1. The maximum Gasteiger partial charge on any atom is 0.267 e. The van der Waals surface area contributed by atoms with Gasteiger partial charge in [0.05, 0.1) is 6.54 Å². The number of hydrogen-bond donors (Lipinski definition) is 1. The van der Waals surface area contributed by atoms with E-state index in [-0.39, 0.29) is 11.4 Å². The molecule has 1 N–H and O–H groups in total. The molecular formula is C22H22N4O3. The summed E-state index contributed by atoms with van der Waals surface area (Å²) in [6.45, 7) is 6.82. The molecule has 0 atom stereocenters. The molecule has 1 amide bonds. The number of anilines is 1. The molecule has 0 saturated heterocycles. The molecule has 7 nitrogen and oxygen atoms in total. The molecular weight excluding hydrogens is 368 g/mol. The molecule has 0 unspecified atom stereocenters. The first-order valence-electron chi connectivity index (χ1n) is 9.17. The number of carbonyl (C=O) groups excluding carboxylic acids is 1. The minimum atomic E-state index is -0.542. The van der Waals surface area contributed by atoms with E-state index in [1.807, 2.05) is 54.9 Å². The van der Waals surface area contributed by atoms with Crippen LogP contribution < -0.4 is 10.1 Å². The van der Waals surface area contributed by atoms with Crippen molar-refractivity contribution in [3.05, 3.63) is 70.7 Å². The van der Waals surface area contributed by atoms with Crippen LogP contribution in [-0.2, 0) is 11.3 Å². The summed E-state index contributed by atoms with van der Waals surface area (Å²) in [6, 6.07) is 13.3. The Kier molecular flexibility index (Phi) is 6.15. The van der Waals surface area contributed by atoms with Crippen LogP contribution in [0.3, 0.4) is 0 Å². The maximum absolute atomic E-state index is 12.3. The van der Waals surface area contributed by atoms with Gasteiger partial charge in [-0.1, -0.05) is 11.2 Å². The van der Waals surface area contributed by atoms with Gasteiger partial charge in [0, 0.05) is 18.0 Å². The van der Waals surface area contributed by atoms with Crippen molar-refractivity contribution < 1.29 is 14.1 Å². The van der Waals surface area contributed by atoms with Gasteiger partial charge in [0.2, 0.25) is 0 Å². The predicted molar refractivity (Wildman–Crippen MR) is 109 cm³/mol. The summed E-state index contributed by atoms with van der Waals surface area (Å²) >= 11 is 0. The van der Waals surface area contributed by atoms with E-state index in [1.54, 1.807) is 19.1 Å². The lowest BCUT2D eigenvalue weighted by Gasteiger charge is -2.10. The minimum absolute atomic E-state index is 0.0270. The minimum Gasteiger partial charge on any atom is -0.492 e. The van der Waals surface area contributed by atoms with Crippen molar-refractivity contribution in [1.82, 2.24) is 9.72 Å². The Bertz CT molecular complexity index is 1070. The number of nitrogens with one attached hydrogen (secondary N) is 1. The quantitative estimate of drug-likeness (QED) is 0.486.